The van der Waals surface area contributed by atoms with Crippen molar-refractivity contribution in [2.24, 2.45) is 11.8 Å². The van der Waals surface area contributed by atoms with E-state index < -0.39 is 11.9 Å². The molecule has 18 heavy (non-hydrogen) atoms. The van der Waals surface area contributed by atoms with Crippen LogP contribution in [-0.4, -0.2) is 36.7 Å². The standard InChI is InChI=1S/C13H25NO4/c1-4-6-18-7-5-12(15)14-9-11(13(16)17)8-10(2)3/h10-11H,4-9H2,1-3H3,(H,14,15)(H,16,17). The van der Waals surface area contributed by atoms with Crippen molar-refractivity contribution in [1.29, 1.82) is 0 Å². The lowest BCUT2D eigenvalue weighted by molar-refractivity contribution is -0.142. The number of carbonyl (C=O) groups is 2. The van der Waals surface area contributed by atoms with E-state index in [0.717, 1.165) is 6.42 Å². The summed E-state index contributed by atoms with van der Waals surface area (Å²) in [5.41, 5.74) is 0. The molecule has 106 valence electrons. The zero-order valence-corrected chi connectivity index (χ0v) is 11.6. The highest BCUT2D eigenvalue weighted by Crippen LogP contribution is 2.11. The third-order valence-corrected chi connectivity index (χ3v) is 2.47. The van der Waals surface area contributed by atoms with E-state index >= 15 is 0 Å². The number of carboxylic acids is 1. The normalized spacial score (nSPS) is 12.4. The Morgan fingerprint density at radius 3 is 2.44 bits per heavy atom. The van der Waals surface area contributed by atoms with Crippen LogP contribution in [0.5, 0.6) is 0 Å². The molecule has 0 aromatic heterocycles. The highest BCUT2D eigenvalue weighted by molar-refractivity contribution is 5.77. The highest BCUT2D eigenvalue weighted by Gasteiger charge is 2.19. The Kier molecular flexibility index (Phi) is 9.28. The number of amides is 1. The van der Waals surface area contributed by atoms with Crippen LogP contribution in [0.3, 0.4) is 0 Å². The van der Waals surface area contributed by atoms with Crippen molar-refractivity contribution in [3.8, 4) is 0 Å². The lowest BCUT2D eigenvalue weighted by Crippen LogP contribution is -2.34. The Morgan fingerprint density at radius 1 is 1.28 bits per heavy atom. The topological polar surface area (TPSA) is 75.6 Å². The van der Waals surface area contributed by atoms with Gasteiger partial charge in [-0.3, -0.25) is 9.59 Å². The molecular formula is C13H25NO4. The van der Waals surface area contributed by atoms with E-state index in [1.807, 2.05) is 20.8 Å². The highest BCUT2D eigenvalue weighted by atomic mass is 16.5. The average Bonchev–Trinajstić information content (AvgIpc) is 2.29. The quantitative estimate of drug-likeness (QED) is 0.585. The molecular weight excluding hydrogens is 234 g/mol. The van der Waals surface area contributed by atoms with E-state index in [9.17, 15) is 9.59 Å². The van der Waals surface area contributed by atoms with E-state index in [4.69, 9.17) is 9.84 Å². The van der Waals surface area contributed by atoms with Crippen molar-refractivity contribution < 1.29 is 19.4 Å². The van der Waals surface area contributed by atoms with Gasteiger partial charge in [-0.2, -0.15) is 0 Å². The smallest absolute Gasteiger partial charge is 0.308 e. The average molecular weight is 259 g/mol. The summed E-state index contributed by atoms with van der Waals surface area (Å²) in [5, 5.41) is 11.7. The first-order chi connectivity index (χ1) is 8.47. The molecule has 0 radical (unpaired) electrons. The van der Waals surface area contributed by atoms with Crippen LogP contribution in [-0.2, 0) is 14.3 Å². The Bertz CT molecular complexity index is 253. The first-order valence-electron chi connectivity index (χ1n) is 6.54. The summed E-state index contributed by atoms with van der Waals surface area (Å²) in [6, 6.07) is 0. The number of aliphatic carboxylic acids is 1. The van der Waals surface area contributed by atoms with Gasteiger partial charge < -0.3 is 15.2 Å². The first kappa shape index (κ1) is 16.9. The van der Waals surface area contributed by atoms with Gasteiger partial charge in [0.2, 0.25) is 5.91 Å². The fraction of sp³-hybridized carbons (Fsp3) is 0.846. The second-order valence-electron chi connectivity index (χ2n) is 4.83. The molecule has 0 aliphatic carbocycles. The molecule has 1 atom stereocenters. The number of ether oxygens (including phenoxy) is 1. The van der Waals surface area contributed by atoms with Crippen LogP contribution < -0.4 is 5.32 Å². The molecule has 1 amide bonds. The predicted octanol–water partition coefficient (Wildman–Crippen LogP) is 1.67. The molecule has 2 N–H and O–H groups in total. The molecule has 0 saturated carbocycles. The second kappa shape index (κ2) is 9.88. The monoisotopic (exact) mass is 259 g/mol. The van der Waals surface area contributed by atoms with Crippen LogP contribution in [0.25, 0.3) is 0 Å². The van der Waals surface area contributed by atoms with Gasteiger partial charge in [0.25, 0.3) is 0 Å². The van der Waals surface area contributed by atoms with Crippen LogP contribution in [0.15, 0.2) is 0 Å². The molecule has 0 aliphatic rings. The molecule has 1 unspecified atom stereocenters. The minimum Gasteiger partial charge on any atom is -0.481 e. The first-order valence-corrected chi connectivity index (χ1v) is 6.54. The van der Waals surface area contributed by atoms with Crippen molar-refractivity contribution in [2.75, 3.05) is 19.8 Å². The summed E-state index contributed by atoms with van der Waals surface area (Å²) in [7, 11) is 0. The van der Waals surface area contributed by atoms with Crippen molar-refractivity contribution in [3.63, 3.8) is 0 Å². The Labute approximate surface area is 109 Å². The largest absolute Gasteiger partial charge is 0.481 e. The summed E-state index contributed by atoms with van der Waals surface area (Å²) in [6.07, 6.45) is 1.78. The van der Waals surface area contributed by atoms with E-state index in [2.05, 4.69) is 5.32 Å². The lowest BCUT2D eigenvalue weighted by atomic mass is 9.97. The predicted molar refractivity (Wildman–Crippen MR) is 69.3 cm³/mol. The third-order valence-electron chi connectivity index (χ3n) is 2.47. The fourth-order valence-corrected chi connectivity index (χ4v) is 1.58. The summed E-state index contributed by atoms with van der Waals surface area (Å²) in [4.78, 5) is 22.4. The summed E-state index contributed by atoms with van der Waals surface area (Å²) >= 11 is 0. The molecule has 5 heteroatoms. The van der Waals surface area contributed by atoms with Crippen LogP contribution in [0.4, 0.5) is 0 Å². The van der Waals surface area contributed by atoms with Crippen molar-refractivity contribution in [3.05, 3.63) is 0 Å². The van der Waals surface area contributed by atoms with Gasteiger partial charge in [0.1, 0.15) is 0 Å². The molecule has 0 spiro atoms. The fourth-order valence-electron chi connectivity index (χ4n) is 1.58. The minimum absolute atomic E-state index is 0.152. The molecule has 0 heterocycles. The third kappa shape index (κ3) is 8.98. The van der Waals surface area contributed by atoms with Gasteiger partial charge in [-0.05, 0) is 18.8 Å². The van der Waals surface area contributed by atoms with Crippen LogP contribution in [0, 0.1) is 11.8 Å². The Balaban J connectivity index is 3.82. The second-order valence-corrected chi connectivity index (χ2v) is 4.83. The molecule has 0 bridgehead atoms. The number of carboxylic acid groups (broad SMARTS) is 1. The molecule has 0 aliphatic heterocycles. The minimum atomic E-state index is -0.855. The lowest BCUT2D eigenvalue weighted by Gasteiger charge is -2.15. The van der Waals surface area contributed by atoms with Gasteiger partial charge in [-0.15, -0.1) is 0 Å². The van der Waals surface area contributed by atoms with Crippen LogP contribution in [0.1, 0.15) is 40.0 Å². The Hall–Kier alpha value is -1.10. The maximum Gasteiger partial charge on any atom is 0.308 e. The molecule has 0 aromatic carbocycles. The number of rotatable bonds is 10. The maximum absolute atomic E-state index is 11.4. The van der Waals surface area contributed by atoms with Gasteiger partial charge in [0, 0.05) is 19.6 Å². The number of hydrogen-bond acceptors (Lipinski definition) is 3. The molecule has 0 saturated heterocycles. The van der Waals surface area contributed by atoms with Crippen LogP contribution >= 0.6 is 0 Å². The van der Waals surface area contributed by atoms with Gasteiger partial charge in [-0.25, -0.2) is 0 Å². The zero-order valence-electron chi connectivity index (χ0n) is 11.6. The molecule has 0 rings (SSSR count). The van der Waals surface area contributed by atoms with Crippen molar-refractivity contribution in [1.82, 2.24) is 5.32 Å². The van der Waals surface area contributed by atoms with Gasteiger partial charge in [0.15, 0.2) is 0 Å². The number of hydrogen-bond donors (Lipinski definition) is 2. The van der Waals surface area contributed by atoms with E-state index in [0.29, 0.717) is 25.6 Å². The summed E-state index contributed by atoms with van der Waals surface area (Å²) < 4.78 is 5.20. The zero-order chi connectivity index (χ0) is 14.0. The maximum atomic E-state index is 11.4. The van der Waals surface area contributed by atoms with Crippen LogP contribution in [0.2, 0.25) is 0 Å². The van der Waals surface area contributed by atoms with E-state index in [-0.39, 0.29) is 18.9 Å². The van der Waals surface area contributed by atoms with Gasteiger partial charge in [0.05, 0.1) is 12.5 Å². The number of carbonyl (C=O) groups excluding carboxylic acids is 1. The number of nitrogens with one attached hydrogen (secondary N) is 1. The molecule has 0 aromatic rings. The summed E-state index contributed by atoms with van der Waals surface area (Å²) in [5.74, 6) is -1.21. The van der Waals surface area contributed by atoms with Gasteiger partial charge >= 0.3 is 5.97 Å². The van der Waals surface area contributed by atoms with Crippen molar-refractivity contribution in [2.45, 2.75) is 40.0 Å². The SMILES string of the molecule is CCCOCCC(=O)NCC(CC(C)C)C(=O)O. The van der Waals surface area contributed by atoms with E-state index in [1.54, 1.807) is 0 Å². The van der Waals surface area contributed by atoms with Gasteiger partial charge in [-0.1, -0.05) is 20.8 Å². The molecule has 5 nitrogen and oxygen atoms in total. The summed E-state index contributed by atoms with van der Waals surface area (Å²) in [6.45, 7) is 7.18. The Morgan fingerprint density at radius 2 is 1.94 bits per heavy atom. The van der Waals surface area contributed by atoms with E-state index in [1.165, 1.54) is 0 Å². The molecule has 0 fully saturated rings. The van der Waals surface area contributed by atoms with Crippen molar-refractivity contribution >= 4 is 11.9 Å².